The Kier molecular flexibility index (Phi) is 5.16. The number of esters is 1. The normalized spacial score (nSPS) is 10.3. The maximum atomic E-state index is 12.3. The molecule has 3 rings (SSSR count). The van der Waals surface area contributed by atoms with Crippen LogP contribution in [0.4, 0.5) is 0 Å². The molecule has 124 valence electrons. The van der Waals surface area contributed by atoms with Crippen LogP contribution in [-0.4, -0.2) is 16.7 Å². The molecule has 5 nitrogen and oxygen atoms in total. The van der Waals surface area contributed by atoms with E-state index in [0.717, 1.165) is 0 Å². The highest BCUT2D eigenvalue weighted by Gasteiger charge is 2.17. The molecule has 1 aromatic heterocycles. The lowest BCUT2D eigenvalue weighted by Crippen LogP contribution is -2.38. The standard InChI is InChI=1S/C19H14ClN2O3/c20-15-7-4-8-16(11-15)25-19(24)17-12-22(10-9-21-17)13-18(23)14-5-2-1-3-6-14/h1-12H,13H2/q+1. The van der Waals surface area contributed by atoms with Gasteiger partial charge in [0.05, 0.1) is 6.20 Å². The van der Waals surface area contributed by atoms with Gasteiger partial charge < -0.3 is 4.74 Å². The third-order valence-corrected chi connectivity index (χ3v) is 3.63. The van der Waals surface area contributed by atoms with Gasteiger partial charge in [-0.25, -0.2) is 9.78 Å². The number of rotatable bonds is 5. The number of ether oxygens (including phenoxy) is 1. The molecule has 0 N–H and O–H groups in total. The van der Waals surface area contributed by atoms with Gasteiger partial charge in [0, 0.05) is 10.6 Å². The summed E-state index contributed by atoms with van der Waals surface area (Å²) in [6.45, 7) is 0.101. The van der Waals surface area contributed by atoms with E-state index in [9.17, 15) is 9.59 Å². The Balaban J connectivity index is 1.72. The largest absolute Gasteiger partial charge is 0.422 e. The molecule has 0 aliphatic heterocycles. The zero-order valence-corrected chi connectivity index (χ0v) is 13.9. The number of hydrogen-bond acceptors (Lipinski definition) is 4. The zero-order valence-electron chi connectivity index (χ0n) is 13.1. The van der Waals surface area contributed by atoms with Gasteiger partial charge in [-0.3, -0.25) is 4.79 Å². The smallest absolute Gasteiger partial charge is 0.368 e. The van der Waals surface area contributed by atoms with Crippen LogP contribution in [0.15, 0.2) is 73.2 Å². The first-order valence-corrected chi connectivity index (χ1v) is 7.91. The molecule has 3 aromatic rings. The van der Waals surface area contributed by atoms with Crippen LogP contribution in [0.1, 0.15) is 20.8 Å². The van der Waals surface area contributed by atoms with Crippen LogP contribution in [0, 0.1) is 0 Å². The number of Topliss-reactive ketones (excluding diaryl/α,β-unsaturated/α-hetero) is 1. The maximum Gasteiger partial charge on any atom is 0.368 e. The molecule has 0 saturated heterocycles. The molecule has 0 radical (unpaired) electrons. The number of hydrogen-bond donors (Lipinski definition) is 0. The first-order valence-electron chi connectivity index (χ1n) is 7.53. The van der Waals surface area contributed by atoms with Crippen molar-refractivity contribution in [3.63, 3.8) is 0 Å². The van der Waals surface area contributed by atoms with Crippen molar-refractivity contribution in [2.45, 2.75) is 6.54 Å². The summed E-state index contributed by atoms with van der Waals surface area (Å²) < 4.78 is 6.84. The summed E-state index contributed by atoms with van der Waals surface area (Å²) in [5, 5.41) is 0.467. The van der Waals surface area contributed by atoms with E-state index in [1.165, 1.54) is 18.5 Å². The van der Waals surface area contributed by atoms with Crippen LogP contribution in [0.25, 0.3) is 0 Å². The van der Waals surface area contributed by atoms with Crippen molar-refractivity contribution < 1.29 is 18.9 Å². The van der Waals surface area contributed by atoms with Crippen molar-refractivity contribution >= 4 is 23.4 Å². The molecule has 0 atom stereocenters. The minimum atomic E-state index is -0.622. The summed E-state index contributed by atoms with van der Waals surface area (Å²) in [7, 11) is 0. The minimum Gasteiger partial charge on any atom is -0.422 e. The van der Waals surface area contributed by atoms with Gasteiger partial charge in [-0.2, -0.15) is 4.57 Å². The molecule has 0 fully saturated rings. The third kappa shape index (κ3) is 4.49. The topological polar surface area (TPSA) is 60.1 Å². The molecule has 25 heavy (non-hydrogen) atoms. The highest BCUT2D eigenvalue weighted by atomic mass is 35.5. The molecule has 0 saturated carbocycles. The Labute approximate surface area is 149 Å². The van der Waals surface area contributed by atoms with Gasteiger partial charge in [0.1, 0.15) is 5.75 Å². The molecule has 0 bridgehead atoms. The second-order valence-electron chi connectivity index (χ2n) is 5.25. The molecular weight excluding hydrogens is 340 g/mol. The number of ketones is 1. The lowest BCUT2D eigenvalue weighted by Gasteiger charge is -2.03. The molecule has 0 aliphatic rings. The number of benzene rings is 2. The van der Waals surface area contributed by atoms with E-state index < -0.39 is 5.97 Å². The predicted octanol–water partition coefficient (Wildman–Crippen LogP) is 3.12. The van der Waals surface area contributed by atoms with Crippen molar-refractivity contribution in [1.82, 2.24) is 4.98 Å². The van der Waals surface area contributed by atoms with Crippen LogP contribution in [0.5, 0.6) is 5.75 Å². The number of carbonyl (C=O) groups is 2. The van der Waals surface area contributed by atoms with E-state index in [0.29, 0.717) is 16.3 Å². The number of carbonyl (C=O) groups excluding carboxylic acids is 2. The van der Waals surface area contributed by atoms with Crippen LogP contribution < -0.4 is 9.30 Å². The second-order valence-corrected chi connectivity index (χ2v) is 5.69. The minimum absolute atomic E-state index is 0.0639. The Bertz CT molecular complexity index is 913. The molecular formula is C19H14ClN2O3+. The Morgan fingerprint density at radius 3 is 2.64 bits per heavy atom. The Morgan fingerprint density at radius 2 is 1.88 bits per heavy atom. The van der Waals surface area contributed by atoms with Crippen LogP contribution >= 0.6 is 11.6 Å². The summed E-state index contributed by atoms with van der Waals surface area (Å²) in [4.78, 5) is 28.5. The van der Waals surface area contributed by atoms with Crippen molar-refractivity contribution in [3.05, 3.63) is 89.5 Å². The molecule has 0 spiro atoms. The fourth-order valence-electron chi connectivity index (χ4n) is 2.21. The van der Waals surface area contributed by atoms with Gasteiger partial charge in [0.25, 0.3) is 0 Å². The van der Waals surface area contributed by atoms with Gasteiger partial charge in [0.15, 0.2) is 6.20 Å². The highest BCUT2D eigenvalue weighted by molar-refractivity contribution is 6.30. The number of halogens is 1. The SMILES string of the molecule is O=C(C[n+]1ccnc(C(=O)Oc2cccc(Cl)c2)c1)c1ccccc1. The summed E-state index contributed by atoms with van der Waals surface area (Å²) in [5.74, 6) is -0.357. The van der Waals surface area contributed by atoms with E-state index in [-0.39, 0.29) is 18.0 Å². The monoisotopic (exact) mass is 353 g/mol. The van der Waals surface area contributed by atoms with Gasteiger partial charge in [-0.1, -0.05) is 48.0 Å². The second kappa shape index (κ2) is 7.68. The van der Waals surface area contributed by atoms with E-state index >= 15 is 0 Å². The Hall–Kier alpha value is -3.05. The van der Waals surface area contributed by atoms with Crippen LogP contribution in [0.3, 0.4) is 0 Å². The zero-order chi connectivity index (χ0) is 17.6. The molecule has 1 heterocycles. The first-order chi connectivity index (χ1) is 12.1. The van der Waals surface area contributed by atoms with Crippen LogP contribution in [-0.2, 0) is 6.54 Å². The van der Waals surface area contributed by atoms with Gasteiger partial charge >= 0.3 is 5.97 Å². The quantitative estimate of drug-likeness (QED) is 0.306. The summed E-state index contributed by atoms with van der Waals surface area (Å²) in [5.41, 5.74) is 0.707. The van der Waals surface area contributed by atoms with E-state index in [1.807, 2.05) is 6.07 Å². The van der Waals surface area contributed by atoms with Crippen molar-refractivity contribution in [2.75, 3.05) is 0 Å². The molecule has 0 amide bonds. The van der Waals surface area contributed by atoms with Crippen LogP contribution in [0.2, 0.25) is 5.02 Å². The number of aromatic nitrogens is 2. The predicted molar refractivity (Wildman–Crippen MR) is 91.6 cm³/mol. The Morgan fingerprint density at radius 1 is 1.08 bits per heavy atom. The fourth-order valence-corrected chi connectivity index (χ4v) is 2.39. The van der Waals surface area contributed by atoms with Crippen molar-refractivity contribution in [1.29, 1.82) is 0 Å². The molecule has 0 unspecified atom stereocenters. The lowest BCUT2D eigenvalue weighted by molar-refractivity contribution is -0.683. The third-order valence-electron chi connectivity index (χ3n) is 3.40. The van der Waals surface area contributed by atoms with Crippen molar-refractivity contribution in [2.24, 2.45) is 0 Å². The maximum absolute atomic E-state index is 12.3. The molecule has 2 aromatic carbocycles. The first kappa shape index (κ1) is 16.8. The summed E-state index contributed by atoms with van der Waals surface area (Å²) >= 11 is 5.87. The molecule has 6 heteroatoms. The van der Waals surface area contributed by atoms with Gasteiger partial charge in [-0.15, -0.1) is 0 Å². The number of nitrogens with zero attached hydrogens (tertiary/aromatic N) is 2. The fraction of sp³-hybridized carbons (Fsp3) is 0.0526. The summed E-state index contributed by atoms with van der Waals surface area (Å²) in [6.07, 6.45) is 4.55. The lowest BCUT2D eigenvalue weighted by atomic mass is 10.1. The average Bonchev–Trinajstić information content (AvgIpc) is 2.62. The highest BCUT2D eigenvalue weighted by Crippen LogP contribution is 2.17. The van der Waals surface area contributed by atoms with E-state index in [1.54, 1.807) is 53.2 Å². The van der Waals surface area contributed by atoms with Crippen molar-refractivity contribution in [3.8, 4) is 5.75 Å². The summed E-state index contributed by atoms with van der Waals surface area (Å²) in [6, 6.07) is 15.5. The van der Waals surface area contributed by atoms with Gasteiger partial charge in [-0.05, 0) is 18.2 Å². The molecule has 0 aliphatic carbocycles. The van der Waals surface area contributed by atoms with E-state index in [4.69, 9.17) is 16.3 Å². The van der Waals surface area contributed by atoms with Gasteiger partial charge in [0.2, 0.25) is 24.2 Å². The van der Waals surface area contributed by atoms with E-state index in [2.05, 4.69) is 4.98 Å². The average molecular weight is 354 g/mol.